The molecule has 2 fully saturated rings. The second-order valence-electron chi connectivity index (χ2n) is 6.24. The Hall–Kier alpha value is -1.39. The number of halogens is 1. The van der Waals surface area contributed by atoms with Crippen LogP contribution < -0.4 is 10.2 Å². The number of anilines is 2. The summed E-state index contributed by atoms with van der Waals surface area (Å²) in [4.78, 5) is 10.7. The molecule has 0 bridgehead atoms. The molecule has 1 aliphatic carbocycles. The van der Waals surface area contributed by atoms with Crippen molar-refractivity contribution >= 4 is 11.8 Å². The molecule has 0 amide bonds. The van der Waals surface area contributed by atoms with Gasteiger partial charge >= 0.3 is 0 Å². The van der Waals surface area contributed by atoms with Gasteiger partial charge in [0.05, 0.1) is 6.20 Å². The predicted molar refractivity (Wildman–Crippen MR) is 83.1 cm³/mol. The molecule has 1 N–H and O–H groups in total. The first-order valence-electron chi connectivity index (χ1n) is 8.32. The van der Waals surface area contributed by atoms with Crippen molar-refractivity contribution in [1.29, 1.82) is 0 Å². The monoisotopic (exact) mass is 292 g/mol. The Kier molecular flexibility index (Phi) is 4.56. The van der Waals surface area contributed by atoms with E-state index in [0.29, 0.717) is 23.7 Å². The van der Waals surface area contributed by atoms with Crippen molar-refractivity contribution < 1.29 is 4.39 Å². The number of aromatic nitrogens is 2. The van der Waals surface area contributed by atoms with Gasteiger partial charge in [0.25, 0.3) is 0 Å². The van der Waals surface area contributed by atoms with Gasteiger partial charge in [0, 0.05) is 19.1 Å². The molecule has 2 aliphatic rings. The fourth-order valence-corrected chi connectivity index (χ4v) is 3.77. The number of piperidine rings is 1. The maximum atomic E-state index is 14.2. The highest BCUT2D eigenvalue weighted by Crippen LogP contribution is 2.37. The summed E-state index contributed by atoms with van der Waals surface area (Å²) in [6.45, 7) is 3.83. The summed E-state index contributed by atoms with van der Waals surface area (Å²) in [5.74, 6) is 1.48. The maximum absolute atomic E-state index is 14.2. The van der Waals surface area contributed by atoms with Gasteiger partial charge in [-0.3, -0.25) is 0 Å². The van der Waals surface area contributed by atoms with Gasteiger partial charge in [-0.2, -0.15) is 4.98 Å². The molecule has 0 aromatic carbocycles. The molecular weight excluding hydrogens is 267 g/mol. The minimum Gasteiger partial charge on any atom is -0.354 e. The van der Waals surface area contributed by atoms with Crippen LogP contribution >= 0.6 is 0 Å². The largest absolute Gasteiger partial charge is 0.354 e. The van der Waals surface area contributed by atoms with E-state index in [0.717, 1.165) is 25.9 Å². The Balaban J connectivity index is 1.83. The Morgan fingerprint density at radius 2 is 2.10 bits per heavy atom. The van der Waals surface area contributed by atoms with Crippen LogP contribution in [0.1, 0.15) is 51.9 Å². The number of nitrogens with zero attached hydrogens (tertiary/aromatic N) is 3. The summed E-state index contributed by atoms with van der Waals surface area (Å²) < 4.78 is 14.2. The minimum atomic E-state index is -0.289. The fourth-order valence-electron chi connectivity index (χ4n) is 3.77. The van der Waals surface area contributed by atoms with Crippen molar-refractivity contribution in [3.63, 3.8) is 0 Å². The molecule has 5 heteroatoms. The maximum Gasteiger partial charge on any atom is 0.224 e. The third kappa shape index (κ3) is 3.11. The fraction of sp³-hybridized carbons (Fsp3) is 0.750. The van der Waals surface area contributed by atoms with E-state index in [2.05, 4.69) is 27.1 Å². The molecule has 1 aromatic rings. The van der Waals surface area contributed by atoms with Gasteiger partial charge in [0.1, 0.15) is 0 Å². The Bertz CT molecular complexity index is 477. The van der Waals surface area contributed by atoms with Crippen LogP contribution in [0.3, 0.4) is 0 Å². The van der Waals surface area contributed by atoms with Gasteiger partial charge in [0.15, 0.2) is 11.6 Å². The van der Waals surface area contributed by atoms with Gasteiger partial charge in [-0.25, -0.2) is 9.37 Å². The second kappa shape index (κ2) is 6.58. The normalized spacial score (nSPS) is 25.5. The van der Waals surface area contributed by atoms with E-state index in [-0.39, 0.29) is 5.82 Å². The lowest BCUT2D eigenvalue weighted by molar-refractivity contribution is 0.241. The van der Waals surface area contributed by atoms with Crippen LogP contribution in [0.4, 0.5) is 16.2 Å². The van der Waals surface area contributed by atoms with Gasteiger partial charge in [-0.05, 0) is 38.0 Å². The molecule has 1 aromatic heterocycles. The Morgan fingerprint density at radius 3 is 2.95 bits per heavy atom. The third-order valence-electron chi connectivity index (χ3n) is 4.77. The molecule has 1 saturated carbocycles. The van der Waals surface area contributed by atoms with Crippen LogP contribution in [0.15, 0.2) is 6.20 Å². The average molecular weight is 292 g/mol. The summed E-state index contributed by atoms with van der Waals surface area (Å²) in [5.41, 5.74) is 0. The highest BCUT2D eigenvalue weighted by molar-refractivity contribution is 5.45. The van der Waals surface area contributed by atoms with Crippen molar-refractivity contribution in [2.75, 3.05) is 23.3 Å². The first kappa shape index (κ1) is 14.5. The number of nitrogens with one attached hydrogen (secondary N) is 1. The highest BCUT2D eigenvalue weighted by atomic mass is 19.1. The molecule has 3 rings (SSSR count). The van der Waals surface area contributed by atoms with Crippen molar-refractivity contribution in [2.24, 2.45) is 5.92 Å². The Morgan fingerprint density at radius 1 is 1.29 bits per heavy atom. The topological polar surface area (TPSA) is 41.1 Å². The number of fused-ring (bicyclic) bond motifs is 1. The van der Waals surface area contributed by atoms with Crippen LogP contribution in [-0.2, 0) is 0 Å². The Labute approximate surface area is 126 Å². The smallest absolute Gasteiger partial charge is 0.224 e. The van der Waals surface area contributed by atoms with Crippen molar-refractivity contribution in [3.8, 4) is 0 Å². The summed E-state index contributed by atoms with van der Waals surface area (Å²) in [6, 6.07) is 0.468. The van der Waals surface area contributed by atoms with E-state index in [1.807, 2.05) is 0 Å². The molecule has 2 atom stereocenters. The molecule has 1 aliphatic heterocycles. The zero-order valence-corrected chi connectivity index (χ0v) is 12.8. The molecule has 116 valence electrons. The minimum absolute atomic E-state index is 0.289. The van der Waals surface area contributed by atoms with Crippen molar-refractivity contribution in [3.05, 3.63) is 12.0 Å². The molecule has 21 heavy (non-hydrogen) atoms. The van der Waals surface area contributed by atoms with E-state index in [1.165, 1.54) is 38.3 Å². The number of rotatable bonds is 4. The lowest BCUT2D eigenvalue weighted by atomic mass is 9.78. The van der Waals surface area contributed by atoms with Crippen LogP contribution in [0, 0.1) is 11.7 Å². The van der Waals surface area contributed by atoms with E-state index in [4.69, 9.17) is 0 Å². The molecule has 0 spiro atoms. The number of hydrogen-bond acceptors (Lipinski definition) is 4. The van der Waals surface area contributed by atoms with E-state index < -0.39 is 0 Å². The summed E-state index contributed by atoms with van der Waals surface area (Å²) >= 11 is 0. The van der Waals surface area contributed by atoms with E-state index >= 15 is 0 Å². The zero-order valence-electron chi connectivity index (χ0n) is 12.8. The van der Waals surface area contributed by atoms with E-state index in [9.17, 15) is 4.39 Å². The van der Waals surface area contributed by atoms with Crippen molar-refractivity contribution in [2.45, 2.75) is 57.9 Å². The SMILES string of the molecule is CCCNc1ncc(F)c(N2CCC[C@H]3CCCC[C@H]32)n1. The van der Waals surface area contributed by atoms with Gasteiger partial charge in [-0.1, -0.05) is 19.8 Å². The molecule has 1 saturated heterocycles. The van der Waals surface area contributed by atoms with Gasteiger partial charge in [-0.15, -0.1) is 0 Å². The zero-order chi connectivity index (χ0) is 14.7. The van der Waals surface area contributed by atoms with Crippen molar-refractivity contribution in [1.82, 2.24) is 9.97 Å². The summed E-state index contributed by atoms with van der Waals surface area (Å²) in [7, 11) is 0. The van der Waals surface area contributed by atoms with Crippen LogP contribution in [0.2, 0.25) is 0 Å². The van der Waals surface area contributed by atoms with Gasteiger partial charge < -0.3 is 10.2 Å². The first-order valence-corrected chi connectivity index (χ1v) is 8.32. The van der Waals surface area contributed by atoms with E-state index in [1.54, 1.807) is 0 Å². The average Bonchev–Trinajstić information content (AvgIpc) is 2.54. The lowest BCUT2D eigenvalue weighted by Crippen LogP contribution is -2.47. The molecule has 0 unspecified atom stereocenters. The first-order chi connectivity index (χ1) is 10.3. The molecule has 4 nitrogen and oxygen atoms in total. The van der Waals surface area contributed by atoms with Gasteiger partial charge in [0.2, 0.25) is 5.95 Å². The highest BCUT2D eigenvalue weighted by Gasteiger charge is 2.35. The molecule has 2 heterocycles. The van der Waals surface area contributed by atoms with Crippen LogP contribution in [-0.4, -0.2) is 29.1 Å². The summed E-state index contributed by atoms with van der Waals surface area (Å²) in [5, 5.41) is 3.16. The summed E-state index contributed by atoms with van der Waals surface area (Å²) in [6.07, 6.45) is 9.78. The standard InChI is InChI=1S/C16H25FN4/c1-2-9-18-16-19-11-13(17)15(20-16)21-10-5-7-12-6-3-4-8-14(12)21/h11-12,14H,2-10H2,1H3,(H,18,19,20)/t12-,14-/m1/s1. The molecule has 0 radical (unpaired) electrons. The quantitative estimate of drug-likeness (QED) is 0.920. The number of hydrogen-bond donors (Lipinski definition) is 1. The van der Waals surface area contributed by atoms with Crippen LogP contribution in [0.25, 0.3) is 0 Å². The third-order valence-corrected chi connectivity index (χ3v) is 4.77. The second-order valence-corrected chi connectivity index (χ2v) is 6.24. The molecular formula is C16H25FN4. The van der Waals surface area contributed by atoms with Crippen LogP contribution in [0.5, 0.6) is 0 Å². The lowest BCUT2D eigenvalue weighted by Gasteiger charge is -2.44. The predicted octanol–water partition coefficient (Wildman–Crippen LogP) is 3.60.